The Morgan fingerprint density at radius 3 is 2.45 bits per heavy atom. The normalized spacial score (nSPS) is 16.5. The number of nitrogens with zero attached hydrogens (tertiary/aromatic N) is 2. The minimum absolute atomic E-state index is 0.160. The Morgan fingerprint density at radius 2 is 1.81 bits per heavy atom. The van der Waals surface area contributed by atoms with Crippen LogP contribution in [0.5, 0.6) is 0 Å². The summed E-state index contributed by atoms with van der Waals surface area (Å²) in [6, 6.07) is 10.3. The Bertz CT molecular complexity index is 937. The van der Waals surface area contributed by atoms with Gasteiger partial charge in [0.05, 0.1) is 22.8 Å². The van der Waals surface area contributed by atoms with Crippen LogP contribution in [0, 0.1) is 11.7 Å². The van der Waals surface area contributed by atoms with E-state index in [2.05, 4.69) is 0 Å². The maximum atomic E-state index is 13.2. The summed E-state index contributed by atoms with van der Waals surface area (Å²) in [5, 5.41) is 0.715. The van der Waals surface area contributed by atoms with Gasteiger partial charge in [-0.25, -0.2) is 4.39 Å². The number of hydrogen-bond acceptors (Lipinski definition) is 3. The van der Waals surface area contributed by atoms with Crippen LogP contribution >= 0.6 is 23.2 Å². The average molecular weight is 467 g/mol. The third-order valence-electron chi connectivity index (χ3n) is 4.98. The van der Waals surface area contributed by atoms with Gasteiger partial charge in [-0.3, -0.25) is 9.59 Å². The third-order valence-corrected chi connectivity index (χ3v) is 5.72. The van der Waals surface area contributed by atoms with Crippen molar-refractivity contribution in [3.8, 4) is 0 Å². The van der Waals surface area contributed by atoms with Crippen molar-refractivity contribution in [2.75, 3.05) is 32.8 Å². The zero-order valence-electron chi connectivity index (χ0n) is 17.5. The van der Waals surface area contributed by atoms with Crippen LogP contribution in [0.25, 0.3) is 0 Å². The number of amides is 2. The van der Waals surface area contributed by atoms with Crippen LogP contribution in [0.3, 0.4) is 0 Å². The molecule has 1 fully saturated rings. The van der Waals surface area contributed by atoms with E-state index < -0.39 is 0 Å². The van der Waals surface area contributed by atoms with Crippen LogP contribution < -0.4 is 0 Å². The van der Waals surface area contributed by atoms with Crippen LogP contribution in [0.2, 0.25) is 10.0 Å². The fraction of sp³-hybridized carbons (Fsp3) is 0.391. The van der Waals surface area contributed by atoms with E-state index in [0.29, 0.717) is 54.0 Å². The smallest absolute Gasteiger partial charge is 0.254 e. The molecule has 1 aliphatic heterocycles. The van der Waals surface area contributed by atoms with Crippen LogP contribution in [-0.4, -0.2) is 60.5 Å². The molecule has 2 aromatic carbocycles. The predicted octanol–water partition coefficient (Wildman–Crippen LogP) is 4.77. The molecule has 2 amide bonds. The van der Waals surface area contributed by atoms with Crippen LogP contribution in [0.4, 0.5) is 4.39 Å². The van der Waals surface area contributed by atoms with E-state index in [-0.39, 0.29) is 29.7 Å². The van der Waals surface area contributed by atoms with E-state index >= 15 is 0 Å². The molecule has 0 saturated carbocycles. The number of benzene rings is 2. The highest BCUT2D eigenvalue weighted by atomic mass is 35.5. The SMILES string of the molecule is CC(C)CN(C[C@@H]1CN(C(=O)c2ccc(Cl)c(Cl)c2)CCO1)C(=O)c1ccc(F)cc1. The van der Waals surface area contributed by atoms with E-state index in [1.165, 1.54) is 24.3 Å². The van der Waals surface area contributed by atoms with Gasteiger partial charge >= 0.3 is 0 Å². The molecule has 0 aliphatic carbocycles. The molecule has 0 N–H and O–H groups in total. The molecule has 0 spiro atoms. The summed E-state index contributed by atoms with van der Waals surface area (Å²) >= 11 is 12.0. The largest absolute Gasteiger partial charge is 0.373 e. The molecular formula is C23H25Cl2FN2O3. The molecule has 0 bridgehead atoms. The summed E-state index contributed by atoms with van der Waals surface area (Å²) in [6.07, 6.45) is -0.330. The fourth-order valence-electron chi connectivity index (χ4n) is 3.53. The van der Waals surface area contributed by atoms with Gasteiger partial charge in [0.1, 0.15) is 5.82 Å². The van der Waals surface area contributed by atoms with Crippen molar-refractivity contribution in [3.63, 3.8) is 0 Å². The fourth-order valence-corrected chi connectivity index (χ4v) is 3.83. The van der Waals surface area contributed by atoms with Crippen molar-refractivity contribution in [1.82, 2.24) is 9.80 Å². The van der Waals surface area contributed by atoms with E-state index in [0.717, 1.165) is 0 Å². The zero-order valence-corrected chi connectivity index (χ0v) is 19.0. The van der Waals surface area contributed by atoms with Gasteiger partial charge in [-0.05, 0) is 48.4 Å². The van der Waals surface area contributed by atoms with Gasteiger partial charge in [0.25, 0.3) is 11.8 Å². The van der Waals surface area contributed by atoms with Crippen molar-refractivity contribution in [2.45, 2.75) is 20.0 Å². The van der Waals surface area contributed by atoms with Crippen molar-refractivity contribution in [2.24, 2.45) is 5.92 Å². The molecule has 2 aromatic rings. The molecule has 1 atom stereocenters. The second kappa shape index (κ2) is 10.4. The highest BCUT2D eigenvalue weighted by molar-refractivity contribution is 6.42. The van der Waals surface area contributed by atoms with Crippen LogP contribution in [0.1, 0.15) is 34.6 Å². The van der Waals surface area contributed by atoms with Gasteiger partial charge in [0.2, 0.25) is 0 Å². The number of morpholine rings is 1. The van der Waals surface area contributed by atoms with Gasteiger partial charge in [-0.2, -0.15) is 0 Å². The Hall–Kier alpha value is -2.15. The van der Waals surface area contributed by atoms with Gasteiger partial charge in [0.15, 0.2) is 0 Å². The minimum atomic E-state index is -0.390. The first-order valence-corrected chi connectivity index (χ1v) is 10.9. The molecule has 31 heavy (non-hydrogen) atoms. The molecule has 8 heteroatoms. The number of carbonyl (C=O) groups excluding carboxylic acids is 2. The van der Waals surface area contributed by atoms with E-state index in [1.54, 1.807) is 28.0 Å². The molecule has 3 rings (SSSR count). The van der Waals surface area contributed by atoms with E-state index in [9.17, 15) is 14.0 Å². The number of halogens is 3. The molecular weight excluding hydrogens is 442 g/mol. The van der Waals surface area contributed by atoms with Gasteiger partial charge < -0.3 is 14.5 Å². The monoisotopic (exact) mass is 466 g/mol. The molecule has 0 aromatic heterocycles. The number of carbonyl (C=O) groups is 2. The lowest BCUT2D eigenvalue weighted by Gasteiger charge is -2.36. The first-order valence-electron chi connectivity index (χ1n) is 10.2. The van der Waals surface area contributed by atoms with E-state index in [1.807, 2.05) is 13.8 Å². The lowest BCUT2D eigenvalue weighted by Crippen LogP contribution is -2.51. The summed E-state index contributed by atoms with van der Waals surface area (Å²) in [7, 11) is 0. The zero-order chi connectivity index (χ0) is 22.5. The summed E-state index contributed by atoms with van der Waals surface area (Å²) in [6.45, 7) is 6.07. The topological polar surface area (TPSA) is 49.9 Å². The standard InChI is InChI=1S/C23H25Cl2FN2O3/c1-15(2)12-28(22(29)16-3-6-18(26)7-4-16)14-19-13-27(9-10-31-19)23(30)17-5-8-20(24)21(25)11-17/h3-8,11,15,19H,9-10,12-14H2,1-2H3/t19-/m0/s1. The average Bonchev–Trinajstić information content (AvgIpc) is 2.74. The Balaban J connectivity index is 1.70. The highest BCUT2D eigenvalue weighted by Crippen LogP contribution is 2.24. The molecule has 1 saturated heterocycles. The van der Waals surface area contributed by atoms with Crippen molar-refractivity contribution in [1.29, 1.82) is 0 Å². The minimum Gasteiger partial charge on any atom is -0.373 e. The summed E-state index contributed by atoms with van der Waals surface area (Å²) in [4.78, 5) is 29.3. The lowest BCUT2D eigenvalue weighted by molar-refractivity contribution is -0.0340. The molecule has 0 unspecified atom stereocenters. The van der Waals surface area contributed by atoms with Crippen molar-refractivity contribution >= 4 is 35.0 Å². The Morgan fingerprint density at radius 1 is 1.13 bits per heavy atom. The van der Waals surface area contributed by atoms with E-state index in [4.69, 9.17) is 27.9 Å². The predicted molar refractivity (Wildman–Crippen MR) is 119 cm³/mol. The Labute approximate surface area is 191 Å². The number of hydrogen-bond donors (Lipinski definition) is 0. The summed E-state index contributed by atoms with van der Waals surface area (Å²) in [5.41, 5.74) is 0.873. The number of rotatable bonds is 6. The van der Waals surface area contributed by atoms with Crippen molar-refractivity contribution < 1.29 is 18.7 Å². The maximum absolute atomic E-state index is 13.2. The van der Waals surface area contributed by atoms with Crippen LogP contribution in [0.15, 0.2) is 42.5 Å². The molecule has 1 heterocycles. The third kappa shape index (κ3) is 6.19. The first kappa shape index (κ1) is 23.5. The quantitative estimate of drug-likeness (QED) is 0.615. The van der Waals surface area contributed by atoms with Crippen LogP contribution in [-0.2, 0) is 4.74 Å². The highest BCUT2D eigenvalue weighted by Gasteiger charge is 2.29. The van der Waals surface area contributed by atoms with Gasteiger partial charge in [-0.15, -0.1) is 0 Å². The van der Waals surface area contributed by atoms with Gasteiger partial charge in [0, 0.05) is 37.3 Å². The first-order chi connectivity index (χ1) is 14.7. The maximum Gasteiger partial charge on any atom is 0.254 e. The summed E-state index contributed by atoms with van der Waals surface area (Å²) in [5.74, 6) is -0.502. The second-order valence-corrected chi connectivity index (χ2v) is 8.80. The lowest BCUT2D eigenvalue weighted by atomic mass is 10.1. The molecule has 5 nitrogen and oxygen atoms in total. The number of ether oxygens (including phenoxy) is 1. The Kier molecular flexibility index (Phi) is 7.92. The second-order valence-electron chi connectivity index (χ2n) is 7.98. The van der Waals surface area contributed by atoms with Gasteiger partial charge in [-0.1, -0.05) is 37.0 Å². The van der Waals surface area contributed by atoms with Crippen molar-refractivity contribution in [3.05, 3.63) is 69.5 Å². The molecule has 0 radical (unpaired) electrons. The molecule has 1 aliphatic rings. The summed E-state index contributed by atoms with van der Waals surface area (Å²) < 4.78 is 19.1. The molecule has 166 valence electrons.